The van der Waals surface area contributed by atoms with Crippen molar-refractivity contribution in [2.75, 3.05) is 5.32 Å². The Kier molecular flexibility index (Phi) is 4.86. The van der Waals surface area contributed by atoms with E-state index in [1.165, 1.54) is 0 Å². The Labute approximate surface area is 143 Å². The molecule has 0 aliphatic rings. The predicted octanol–water partition coefficient (Wildman–Crippen LogP) is 3.66. The second kappa shape index (κ2) is 7.23. The summed E-state index contributed by atoms with van der Waals surface area (Å²) in [5.41, 5.74) is 2.26. The number of amides is 1. The maximum atomic E-state index is 12.1. The highest BCUT2D eigenvalue weighted by atomic mass is 35.5. The van der Waals surface area contributed by atoms with Gasteiger partial charge < -0.3 is 9.73 Å². The maximum Gasteiger partial charge on any atom is 0.266 e. The zero-order valence-electron chi connectivity index (χ0n) is 13.0. The normalized spacial score (nSPS) is 10.6. The molecule has 0 fully saturated rings. The second-order valence-corrected chi connectivity index (χ2v) is 5.66. The lowest BCUT2D eigenvalue weighted by atomic mass is 10.2. The van der Waals surface area contributed by atoms with Gasteiger partial charge in [-0.1, -0.05) is 17.7 Å². The highest BCUT2D eigenvalue weighted by Crippen LogP contribution is 2.20. The number of anilines is 1. The van der Waals surface area contributed by atoms with Gasteiger partial charge in [-0.2, -0.15) is 0 Å². The summed E-state index contributed by atoms with van der Waals surface area (Å²) in [5.74, 6) is 0.621. The molecule has 24 heavy (non-hydrogen) atoms. The van der Waals surface area contributed by atoms with Gasteiger partial charge in [0.1, 0.15) is 5.69 Å². The average Bonchev–Trinajstić information content (AvgIpc) is 3.05. The summed E-state index contributed by atoms with van der Waals surface area (Å²) in [6.45, 7) is 1.89. The van der Waals surface area contributed by atoms with E-state index >= 15 is 0 Å². The fourth-order valence-electron chi connectivity index (χ4n) is 2.15. The molecule has 0 bridgehead atoms. The van der Waals surface area contributed by atoms with Crippen LogP contribution in [0.25, 0.3) is 11.6 Å². The molecule has 2 heterocycles. The molecule has 0 aliphatic carbocycles. The van der Waals surface area contributed by atoms with E-state index in [0.29, 0.717) is 28.9 Å². The van der Waals surface area contributed by atoms with Gasteiger partial charge in [0, 0.05) is 29.7 Å². The lowest BCUT2D eigenvalue weighted by Gasteiger charge is -2.07. The highest BCUT2D eigenvalue weighted by Gasteiger charge is 2.12. The number of hydrogen-bond acceptors (Lipinski definition) is 5. The summed E-state index contributed by atoms with van der Waals surface area (Å²) in [7, 11) is 0. The molecule has 0 atom stereocenters. The summed E-state index contributed by atoms with van der Waals surface area (Å²) >= 11 is 5.90. The molecule has 0 aliphatic heterocycles. The number of aryl methyl sites for hydroxylation is 2. The Morgan fingerprint density at radius 1 is 1.25 bits per heavy atom. The number of nitrogens with one attached hydrogen (secondary N) is 1. The SMILES string of the molecule is Cc1cc(Cl)ccc1NC(=O)CCc1nnc(-c2ccccn2)o1. The Bertz CT molecular complexity index is 849. The van der Waals surface area contributed by atoms with Gasteiger partial charge in [-0.3, -0.25) is 9.78 Å². The highest BCUT2D eigenvalue weighted by molar-refractivity contribution is 6.30. The molecule has 6 nitrogen and oxygen atoms in total. The van der Waals surface area contributed by atoms with Gasteiger partial charge in [-0.25, -0.2) is 0 Å². The van der Waals surface area contributed by atoms with E-state index in [1.807, 2.05) is 19.1 Å². The first kappa shape index (κ1) is 16.1. The molecule has 0 radical (unpaired) electrons. The lowest BCUT2D eigenvalue weighted by molar-refractivity contribution is -0.116. The van der Waals surface area contributed by atoms with Crippen LogP contribution in [-0.2, 0) is 11.2 Å². The monoisotopic (exact) mass is 342 g/mol. The van der Waals surface area contributed by atoms with E-state index in [2.05, 4.69) is 20.5 Å². The summed E-state index contributed by atoms with van der Waals surface area (Å²) < 4.78 is 5.53. The molecule has 1 amide bonds. The predicted molar refractivity (Wildman–Crippen MR) is 90.7 cm³/mol. The van der Waals surface area contributed by atoms with Crippen molar-refractivity contribution < 1.29 is 9.21 Å². The van der Waals surface area contributed by atoms with Crippen LogP contribution in [0.5, 0.6) is 0 Å². The van der Waals surface area contributed by atoms with Gasteiger partial charge >= 0.3 is 0 Å². The topological polar surface area (TPSA) is 80.9 Å². The molecular formula is C17H15ClN4O2. The van der Waals surface area contributed by atoms with E-state index in [4.69, 9.17) is 16.0 Å². The fraction of sp³-hybridized carbons (Fsp3) is 0.176. The molecule has 0 saturated carbocycles. The number of pyridine rings is 1. The second-order valence-electron chi connectivity index (χ2n) is 5.22. The van der Waals surface area contributed by atoms with Crippen LogP contribution in [0.4, 0.5) is 5.69 Å². The van der Waals surface area contributed by atoms with Crippen LogP contribution in [0.3, 0.4) is 0 Å². The minimum Gasteiger partial charge on any atom is -0.419 e. The van der Waals surface area contributed by atoms with E-state index in [1.54, 1.807) is 30.5 Å². The number of halogens is 1. The summed E-state index contributed by atoms with van der Waals surface area (Å²) in [6.07, 6.45) is 2.26. The number of carbonyl (C=O) groups is 1. The molecule has 3 rings (SSSR count). The van der Waals surface area contributed by atoms with E-state index < -0.39 is 0 Å². The fourth-order valence-corrected chi connectivity index (χ4v) is 2.37. The molecule has 7 heteroatoms. The Hall–Kier alpha value is -2.73. The number of nitrogens with zero attached hydrogens (tertiary/aromatic N) is 3. The molecule has 0 unspecified atom stereocenters. The van der Waals surface area contributed by atoms with Crippen molar-refractivity contribution >= 4 is 23.2 Å². The Balaban J connectivity index is 1.58. The lowest BCUT2D eigenvalue weighted by Crippen LogP contribution is -2.13. The first-order valence-corrected chi connectivity index (χ1v) is 7.79. The molecule has 1 N–H and O–H groups in total. The van der Waals surface area contributed by atoms with Crippen LogP contribution < -0.4 is 5.32 Å². The van der Waals surface area contributed by atoms with Crippen LogP contribution in [0.15, 0.2) is 47.0 Å². The maximum absolute atomic E-state index is 12.1. The van der Waals surface area contributed by atoms with Crippen molar-refractivity contribution in [2.45, 2.75) is 19.8 Å². The minimum atomic E-state index is -0.127. The van der Waals surface area contributed by atoms with Gasteiger partial charge in [0.25, 0.3) is 5.89 Å². The van der Waals surface area contributed by atoms with E-state index in [-0.39, 0.29) is 12.3 Å². The molecule has 122 valence electrons. The standard InChI is InChI=1S/C17H15ClN4O2/c1-11-10-12(18)5-6-13(11)20-15(23)7-8-16-21-22-17(24-16)14-4-2-3-9-19-14/h2-6,9-10H,7-8H2,1H3,(H,20,23). The Morgan fingerprint density at radius 2 is 2.12 bits per heavy atom. The third-order valence-corrected chi connectivity index (χ3v) is 3.61. The zero-order chi connectivity index (χ0) is 16.9. The number of rotatable bonds is 5. The van der Waals surface area contributed by atoms with Crippen molar-refractivity contribution in [1.82, 2.24) is 15.2 Å². The number of benzene rings is 1. The van der Waals surface area contributed by atoms with Crippen molar-refractivity contribution in [1.29, 1.82) is 0 Å². The third-order valence-electron chi connectivity index (χ3n) is 3.38. The van der Waals surface area contributed by atoms with Gasteiger partial charge in [0.2, 0.25) is 11.8 Å². The Morgan fingerprint density at radius 3 is 2.88 bits per heavy atom. The van der Waals surface area contributed by atoms with Gasteiger partial charge in [-0.05, 0) is 42.8 Å². The molecule has 1 aromatic carbocycles. The van der Waals surface area contributed by atoms with Crippen molar-refractivity contribution in [3.05, 3.63) is 59.1 Å². The number of hydrogen-bond donors (Lipinski definition) is 1. The quantitative estimate of drug-likeness (QED) is 0.765. The smallest absolute Gasteiger partial charge is 0.266 e. The van der Waals surface area contributed by atoms with Gasteiger partial charge in [0.15, 0.2) is 0 Å². The molecule has 0 saturated heterocycles. The summed E-state index contributed by atoms with van der Waals surface area (Å²) in [5, 5.41) is 11.4. The van der Waals surface area contributed by atoms with Crippen LogP contribution in [0.1, 0.15) is 17.9 Å². The van der Waals surface area contributed by atoms with Crippen molar-refractivity contribution in [3.63, 3.8) is 0 Å². The molecule has 0 spiro atoms. The van der Waals surface area contributed by atoms with Gasteiger partial charge in [0.05, 0.1) is 0 Å². The number of aromatic nitrogens is 3. The largest absolute Gasteiger partial charge is 0.419 e. The first-order chi connectivity index (χ1) is 11.6. The average molecular weight is 343 g/mol. The van der Waals surface area contributed by atoms with Crippen molar-refractivity contribution in [3.8, 4) is 11.6 Å². The van der Waals surface area contributed by atoms with E-state index in [9.17, 15) is 4.79 Å². The first-order valence-electron chi connectivity index (χ1n) is 7.41. The summed E-state index contributed by atoms with van der Waals surface area (Å²) in [4.78, 5) is 16.2. The third kappa shape index (κ3) is 3.97. The number of carbonyl (C=O) groups excluding carboxylic acids is 1. The minimum absolute atomic E-state index is 0.127. The molecule has 2 aromatic heterocycles. The zero-order valence-corrected chi connectivity index (χ0v) is 13.7. The summed E-state index contributed by atoms with van der Waals surface area (Å²) in [6, 6.07) is 10.8. The van der Waals surface area contributed by atoms with Crippen molar-refractivity contribution in [2.24, 2.45) is 0 Å². The van der Waals surface area contributed by atoms with E-state index in [0.717, 1.165) is 11.3 Å². The molecule has 3 aromatic rings. The molecular weight excluding hydrogens is 328 g/mol. The van der Waals surface area contributed by atoms with Crippen LogP contribution >= 0.6 is 11.6 Å². The van der Waals surface area contributed by atoms with Crippen LogP contribution in [0, 0.1) is 6.92 Å². The van der Waals surface area contributed by atoms with Crippen LogP contribution in [-0.4, -0.2) is 21.1 Å². The van der Waals surface area contributed by atoms with Crippen LogP contribution in [0.2, 0.25) is 5.02 Å². The van der Waals surface area contributed by atoms with Gasteiger partial charge in [-0.15, -0.1) is 10.2 Å².